The van der Waals surface area contributed by atoms with Crippen LogP contribution in [0.5, 0.6) is 11.5 Å². The van der Waals surface area contributed by atoms with Crippen LogP contribution in [-0.4, -0.2) is 62.9 Å². The lowest BCUT2D eigenvalue weighted by molar-refractivity contribution is -0.136. The van der Waals surface area contributed by atoms with Crippen LogP contribution in [0.2, 0.25) is 0 Å². The van der Waals surface area contributed by atoms with E-state index in [9.17, 15) is 13.2 Å². The number of carbonyl (C=O) groups excluding carboxylic acids is 1. The summed E-state index contributed by atoms with van der Waals surface area (Å²) in [5.74, 6) is 1.39. The molecule has 1 aromatic rings. The molecule has 2 fully saturated rings. The Morgan fingerprint density at radius 1 is 0.926 bits per heavy atom. The van der Waals surface area contributed by atoms with Gasteiger partial charge in [0, 0.05) is 44.6 Å². The number of ether oxygens (including phenoxy) is 2. The summed E-state index contributed by atoms with van der Waals surface area (Å²) in [7, 11) is -3.62. The highest BCUT2D eigenvalue weighted by Crippen LogP contribution is 2.33. The Kier molecular flexibility index (Phi) is 5.27. The van der Waals surface area contributed by atoms with Crippen molar-refractivity contribution >= 4 is 15.9 Å². The van der Waals surface area contributed by atoms with Gasteiger partial charge in [-0.3, -0.25) is 4.79 Å². The Balaban J connectivity index is 1.44. The third-order valence-corrected chi connectivity index (χ3v) is 7.51. The standard InChI is InChI=1S/C19H26N2O5S/c22-19(15-4-1-2-5-15)20-8-10-21(11-9-20)27(23,24)16-6-7-17-18(14-16)26-13-3-12-25-17/h6-7,14-15H,1-5,8-13H2. The zero-order valence-electron chi connectivity index (χ0n) is 15.4. The van der Waals surface area contributed by atoms with Gasteiger partial charge in [0.25, 0.3) is 0 Å². The van der Waals surface area contributed by atoms with Crippen molar-refractivity contribution in [1.82, 2.24) is 9.21 Å². The van der Waals surface area contributed by atoms with Gasteiger partial charge in [-0.15, -0.1) is 0 Å². The molecule has 0 radical (unpaired) electrons. The Hall–Kier alpha value is -1.80. The molecule has 27 heavy (non-hydrogen) atoms. The van der Waals surface area contributed by atoms with Crippen LogP contribution in [-0.2, 0) is 14.8 Å². The smallest absolute Gasteiger partial charge is 0.243 e. The fourth-order valence-electron chi connectivity index (χ4n) is 4.03. The second-order valence-electron chi connectivity index (χ2n) is 7.37. The van der Waals surface area contributed by atoms with Crippen LogP contribution in [0.4, 0.5) is 0 Å². The Morgan fingerprint density at radius 2 is 1.59 bits per heavy atom. The SMILES string of the molecule is O=C(C1CCCC1)N1CCN(S(=O)(=O)c2ccc3c(c2)OCCCO3)CC1. The molecule has 1 saturated heterocycles. The monoisotopic (exact) mass is 394 g/mol. The second-order valence-corrected chi connectivity index (χ2v) is 9.31. The van der Waals surface area contributed by atoms with Gasteiger partial charge >= 0.3 is 0 Å². The van der Waals surface area contributed by atoms with E-state index in [1.807, 2.05) is 4.90 Å². The van der Waals surface area contributed by atoms with E-state index in [2.05, 4.69) is 0 Å². The molecule has 7 nitrogen and oxygen atoms in total. The van der Waals surface area contributed by atoms with E-state index in [0.717, 1.165) is 32.1 Å². The molecule has 0 N–H and O–H groups in total. The quantitative estimate of drug-likeness (QED) is 0.782. The van der Waals surface area contributed by atoms with Crippen LogP contribution < -0.4 is 9.47 Å². The van der Waals surface area contributed by atoms with Crippen molar-refractivity contribution in [2.45, 2.75) is 37.0 Å². The average molecular weight is 394 g/mol. The molecule has 1 aromatic carbocycles. The number of hydrogen-bond acceptors (Lipinski definition) is 5. The zero-order chi connectivity index (χ0) is 18.9. The van der Waals surface area contributed by atoms with Crippen LogP contribution in [0.1, 0.15) is 32.1 Å². The zero-order valence-corrected chi connectivity index (χ0v) is 16.2. The molecule has 0 bridgehead atoms. The van der Waals surface area contributed by atoms with Gasteiger partial charge in [0.2, 0.25) is 15.9 Å². The van der Waals surface area contributed by atoms with Gasteiger partial charge in [-0.1, -0.05) is 12.8 Å². The molecule has 1 aliphatic carbocycles. The summed E-state index contributed by atoms with van der Waals surface area (Å²) in [5.41, 5.74) is 0. The average Bonchev–Trinajstić information content (AvgIpc) is 3.12. The van der Waals surface area contributed by atoms with Gasteiger partial charge in [-0.2, -0.15) is 4.31 Å². The van der Waals surface area contributed by atoms with Crippen molar-refractivity contribution in [3.63, 3.8) is 0 Å². The maximum atomic E-state index is 13.0. The highest BCUT2D eigenvalue weighted by Gasteiger charge is 2.33. The van der Waals surface area contributed by atoms with Crippen molar-refractivity contribution in [3.05, 3.63) is 18.2 Å². The number of nitrogens with zero attached hydrogens (tertiary/aromatic N) is 2. The lowest BCUT2D eigenvalue weighted by Gasteiger charge is -2.35. The predicted octanol–water partition coefficient (Wildman–Crippen LogP) is 1.87. The van der Waals surface area contributed by atoms with E-state index in [1.165, 1.54) is 4.31 Å². The maximum absolute atomic E-state index is 13.0. The van der Waals surface area contributed by atoms with E-state index in [4.69, 9.17) is 9.47 Å². The molecule has 1 amide bonds. The first-order valence-electron chi connectivity index (χ1n) is 9.74. The molecule has 2 aliphatic heterocycles. The Morgan fingerprint density at radius 3 is 2.30 bits per heavy atom. The second kappa shape index (κ2) is 7.67. The van der Waals surface area contributed by atoms with Gasteiger partial charge in [-0.05, 0) is 25.0 Å². The molecular formula is C19H26N2O5S. The number of amides is 1. The summed E-state index contributed by atoms with van der Waals surface area (Å²) < 4.78 is 38.7. The number of fused-ring (bicyclic) bond motifs is 1. The van der Waals surface area contributed by atoms with Gasteiger partial charge < -0.3 is 14.4 Å². The number of hydrogen-bond donors (Lipinski definition) is 0. The molecule has 8 heteroatoms. The first-order chi connectivity index (χ1) is 13.1. The van der Waals surface area contributed by atoms with Crippen molar-refractivity contribution in [2.75, 3.05) is 39.4 Å². The molecular weight excluding hydrogens is 368 g/mol. The molecule has 4 rings (SSSR count). The number of benzene rings is 1. The summed E-state index contributed by atoms with van der Waals surface area (Å²) in [4.78, 5) is 14.6. The fraction of sp³-hybridized carbons (Fsp3) is 0.632. The van der Waals surface area contributed by atoms with Crippen LogP contribution in [0.15, 0.2) is 23.1 Å². The summed E-state index contributed by atoms with van der Waals surface area (Å²) >= 11 is 0. The summed E-state index contributed by atoms with van der Waals surface area (Å²) in [6.45, 7) is 2.65. The maximum Gasteiger partial charge on any atom is 0.243 e. The van der Waals surface area contributed by atoms with Crippen LogP contribution in [0, 0.1) is 5.92 Å². The summed E-state index contributed by atoms with van der Waals surface area (Å²) in [6, 6.07) is 4.78. The molecule has 148 valence electrons. The van der Waals surface area contributed by atoms with E-state index < -0.39 is 10.0 Å². The van der Waals surface area contributed by atoms with Crippen molar-refractivity contribution in [2.24, 2.45) is 5.92 Å². The topological polar surface area (TPSA) is 76.2 Å². The molecule has 0 atom stereocenters. The van der Waals surface area contributed by atoms with Gasteiger partial charge in [0.1, 0.15) is 0 Å². The normalized spacial score (nSPS) is 21.9. The first-order valence-corrected chi connectivity index (χ1v) is 11.2. The van der Waals surface area contributed by atoms with E-state index in [0.29, 0.717) is 50.9 Å². The lowest BCUT2D eigenvalue weighted by Crippen LogP contribution is -2.51. The molecule has 0 unspecified atom stereocenters. The van der Waals surface area contributed by atoms with E-state index in [1.54, 1.807) is 18.2 Å². The fourth-order valence-corrected chi connectivity index (χ4v) is 5.47. The van der Waals surface area contributed by atoms with Crippen LogP contribution in [0.3, 0.4) is 0 Å². The van der Waals surface area contributed by atoms with Crippen LogP contribution >= 0.6 is 0 Å². The van der Waals surface area contributed by atoms with Crippen LogP contribution in [0.25, 0.3) is 0 Å². The Bertz CT molecular complexity index is 796. The first kappa shape index (κ1) is 18.6. The van der Waals surface area contributed by atoms with Gasteiger partial charge in [-0.25, -0.2) is 8.42 Å². The summed E-state index contributed by atoms with van der Waals surface area (Å²) in [5, 5.41) is 0. The highest BCUT2D eigenvalue weighted by molar-refractivity contribution is 7.89. The highest BCUT2D eigenvalue weighted by atomic mass is 32.2. The lowest BCUT2D eigenvalue weighted by atomic mass is 10.1. The largest absolute Gasteiger partial charge is 0.490 e. The van der Waals surface area contributed by atoms with Gasteiger partial charge in [0.05, 0.1) is 18.1 Å². The number of rotatable bonds is 3. The van der Waals surface area contributed by atoms with Crippen molar-refractivity contribution in [3.8, 4) is 11.5 Å². The van der Waals surface area contributed by atoms with E-state index in [-0.39, 0.29) is 16.7 Å². The third kappa shape index (κ3) is 3.78. The molecule has 3 aliphatic rings. The molecule has 1 saturated carbocycles. The Labute approximate surface area is 160 Å². The number of sulfonamides is 1. The number of carbonyl (C=O) groups is 1. The summed E-state index contributed by atoms with van der Waals surface area (Å²) in [6.07, 6.45) is 4.95. The molecule has 2 heterocycles. The van der Waals surface area contributed by atoms with Gasteiger partial charge in [0.15, 0.2) is 11.5 Å². The minimum atomic E-state index is -3.62. The number of piperazine rings is 1. The minimum absolute atomic E-state index is 0.134. The van der Waals surface area contributed by atoms with Crippen molar-refractivity contribution in [1.29, 1.82) is 0 Å². The predicted molar refractivity (Wildman–Crippen MR) is 99.3 cm³/mol. The van der Waals surface area contributed by atoms with E-state index >= 15 is 0 Å². The molecule has 0 aromatic heterocycles. The minimum Gasteiger partial charge on any atom is -0.490 e. The third-order valence-electron chi connectivity index (χ3n) is 5.61. The molecule has 0 spiro atoms. The van der Waals surface area contributed by atoms with Crippen molar-refractivity contribution < 1.29 is 22.7 Å².